The van der Waals surface area contributed by atoms with Gasteiger partial charge in [0, 0.05) is 19.3 Å². The van der Waals surface area contributed by atoms with E-state index in [1.165, 1.54) is 38.5 Å². The number of Topliss-reactive ketones (excluding diaryl/α,β-unsaturated/α-hetero) is 1. The van der Waals surface area contributed by atoms with Crippen molar-refractivity contribution in [3.05, 3.63) is 0 Å². The number of hydrogen-bond donors (Lipinski definition) is 1. The third-order valence-corrected chi connectivity index (χ3v) is 4.14. The van der Waals surface area contributed by atoms with Gasteiger partial charge in [-0.1, -0.05) is 12.8 Å². The lowest BCUT2D eigenvalue weighted by Crippen LogP contribution is -2.77. The molecular weight excluding hydrogens is 174 g/mol. The molecule has 0 aromatic heterocycles. The minimum atomic E-state index is 0.121. The molecule has 1 unspecified atom stereocenters. The van der Waals surface area contributed by atoms with Crippen molar-refractivity contribution in [3.8, 4) is 0 Å². The summed E-state index contributed by atoms with van der Waals surface area (Å²) in [4.78, 5) is 11.9. The van der Waals surface area contributed by atoms with Gasteiger partial charge in [-0.15, -0.1) is 0 Å². The van der Waals surface area contributed by atoms with Crippen LogP contribution in [0.25, 0.3) is 0 Å². The molecule has 0 aromatic rings. The lowest BCUT2D eigenvalue weighted by Gasteiger charge is -2.38. The van der Waals surface area contributed by atoms with E-state index >= 15 is 0 Å². The number of carbonyl (C=O) groups excluding carboxylic acids is 1. The summed E-state index contributed by atoms with van der Waals surface area (Å²) in [5, 5.41) is 0. The fourth-order valence-electron chi connectivity index (χ4n) is 3.23. The van der Waals surface area contributed by atoms with E-state index in [-0.39, 0.29) is 5.54 Å². The van der Waals surface area contributed by atoms with Gasteiger partial charge in [0.25, 0.3) is 0 Å². The minimum absolute atomic E-state index is 0.121. The Morgan fingerprint density at radius 3 is 2.43 bits per heavy atom. The summed E-state index contributed by atoms with van der Waals surface area (Å²) in [6.07, 6.45) is 10.6. The molecule has 1 atom stereocenters. The average molecular weight is 196 g/mol. The molecule has 2 saturated carbocycles. The highest BCUT2D eigenvalue weighted by atomic mass is 16.1. The van der Waals surface area contributed by atoms with Crippen LogP contribution in [-0.4, -0.2) is 11.3 Å². The standard InChI is InChI=1S/C12H21NO/c13-12(8-4-1-5-9-12)10-6-2-3-7-11(10)14/h10H,1-9,13H2/p+1. The second-order valence-electron chi connectivity index (χ2n) is 5.19. The molecule has 2 aliphatic rings. The van der Waals surface area contributed by atoms with E-state index in [1.54, 1.807) is 0 Å². The van der Waals surface area contributed by atoms with Gasteiger partial charge in [-0.2, -0.15) is 0 Å². The molecule has 0 bridgehead atoms. The molecule has 0 saturated heterocycles. The van der Waals surface area contributed by atoms with E-state index < -0.39 is 0 Å². The third-order valence-electron chi connectivity index (χ3n) is 4.14. The van der Waals surface area contributed by atoms with E-state index in [2.05, 4.69) is 5.73 Å². The molecule has 2 aliphatic carbocycles. The highest BCUT2D eigenvalue weighted by Crippen LogP contribution is 2.36. The highest BCUT2D eigenvalue weighted by molar-refractivity contribution is 5.82. The normalized spacial score (nSPS) is 32.9. The predicted molar refractivity (Wildman–Crippen MR) is 55.7 cm³/mol. The molecular formula is C12H22NO+. The maximum Gasteiger partial charge on any atom is 0.142 e. The van der Waals surface area contributed by atoms with Crippen LogP contribution in [-0.2, 0) is 4.79 Å². The summed E-state index contributed by atoms with van der Waals surface area (Å²) in [7, 11) is 0. The monoisotopic (exact) mass is 196 g/mol. The van der Waals surface area contributed by atoms with Gasteiger partial charge in [-0.25, -0.2) is 0 Å². The smallest absolute Gasteiger partial charge is 0.142 e. The fraction of sp³-hybridized carbons (Fsp3) is 0.917. The molecule has 0 radical (unpaired) electrons. The number of carbonyl (C=O) groups is 1. The Hall–Kier alpha value is -0.370. The molecule has 0 heterocycles. The van der Waals surface area contributed by atoms with Gasteiger partial charge in [-0.05, 0) is 25.7 Å². The summed E-state index contributed by atoms with van der Waals surface area (Å²) in [6, 6.07) is 0. The first-order valence-electron chi connectivity index (χ1n) is 6.10. The van der Waals surface area contributed by atoms with Gasteiger partial charge >= 0.3 is 0 Å². The van der Waals surface area contributed by atoms with Crippen LogP contribution in [0.2, 0.25) is 0 Å². The molecule has 0 spiro atoms. The number of quaternary nitrogens is 1. The van der Waals surface area contributed by atoms with Gasteiger partial charge in [0.1, 0.15) is 11.3 Å². The van der Waals surface area contributed by atoms with Gasteiger partial charge in [0.15, 0.2) is 0 Å². The van der Waals surface area contributed by atoms with Crippen molar-refractivity contribution in [1.29, 1.82) is 0 Å². The first-order chi connectivity index (χ1) is 6.72. The molecule has 0 amide bonds. The first kappa shape index (κ1) is 10.2. The number of hydrogen-bond acceptors (Lipinski definition) is 1. The molecule has 0 aliphatic heterocycles. The Kier molecular flexibility index (Phi) is 2.91. The van der Waals surface area contributed by atoms with Crippen molar-refractivity contribution in [2.45, 2.75) is 63.3 Å². The second kappa shape index (κ2) is 4.01. The zero-order valence-electron chi connectivity index (χ0n) is 9.06. The van der Waals surface area contributed by atoms with Gasteiger partial charge in [-0.3, -0.25) is 4.79 Å². The molecule has 2 heteroatoms. The maximum atomic E-state index is 11.9. The van der Waals surface area contributed by atoms with Crippen LogP contribution in [0.1, 0.15) is 57.8 Å². The van der Waals surface area contributed by atoms with Gasteiger partial charge in [0.2, 0.25) is 0 Å². The van der Waals surface area contributed by atoms with Crippen LogP contribution < -0.4 is 5.73 Å². The van der Waals surface area contributed by atoms with Crippen molar-refractivity contribution in [2.75, 3.05) is 0 Å². The van der Waals surface area contributed by atoms with Crippen molar-refractivity contribution >= 4 is 5.78 Å². The van der Waals surface area contributed by atoms with Crippen LogP contribution >= 0.6 is 0 Å². The lowest BCUT2D eigenvalue weighted by atomic mass is 9.67. The van der Waals surface area contributed by atoms with Crippen molar-refractivity contribution < 1.29 is 10.5 Å². The van der Waals surface area contributed by atoms with Crippen LogP contribution in [0.15, 0.2) is 0 Å². The highest BCUT2D eigenvalue weighted by Gasteiger charge is 2.44. The van der Waals surface area contributed by atoms with Crippen molar-refractivity contribution in [2.24, 2.45) is 5.92 Å². The third kappa shape index (κ3) is 1.85. The quantitative estimate of drug-likeness (QED) is 0.681. The fourth-order valence-corrected chi connectivity index (χ4v) is 3.23. The Labute approximate surface area is 86.2 Å². The summed E-state index contributed by atoms with van der Waals surface area (Å²) < 4.78 is 0. The molecule has 3 N–H and O–H groups in total. The Morgan fingerprint density at radius 2 is 1.79 bits per heavy atom. The Bertz CT molecular complexity index is 218. The Morgan fingerprint density at radius 1 is 1.07 bits per heavy atom. The van der Waals surface area contributed by atoms with E-state index in [1.807, 2.05) is 0 Å². The zero-order valence-corrected chi connectivity index (χ0v) is 9.06. The summed E-state index contributed by atoms with van der Waals surface area (Å²) in [6.45, 7) is 0. The van der Waals surface area contributed by atoms with Crippen LogP contribution in [0.5, 0.6) is 0 Å². The molecule has 14 heavy (non-hydrogen) atoms. The van der Waals surface area contributed by atoms with E-state index in [0.717, 1.165) is 19.3 Å². The molecule has 2 nitrogen and oxygen atoms in total. The first-order valence-corrected chi connectivity index (χ1v) is 6.10. The van der Waals surface area contributed by atoms with Crippen LogP contribution in [0, 0.1) is 5.92 Å². The maximum absolute atomic E-state index is 11.9. The summed E-state index contributed by atoms with van der Waals surface area (Å²) in [5.74, 6) is 0.810. The predicted octanol–water partition coefficient (Wildman–Crippen LogP) is 1.69. The van der Waals surface area contributed by atoms with Crippen LogP contribution in [0.4, 0.5) is 0 Å². The average Bonchev–Trinajstić information content (AvgIpc) is 2.19. The summed E-state index contributed by atoms with van der Waals surface area (Å²) >= 11 is 0. The molecule has 0 aromatic carbocycles. The number of ketones is 1. The van der Waals surface area contributed by atoms with Crippen LogP contribution in [0.3, 0.4) is 0 Å². The molecule has 2 rings (SSSR count). The van der Waals surface area contributed by atoms with Gasteiger partial charge in [0.05, 0.1) is 5.92 Å². The topological polar surface area (TPSA) is 44.7 Å². The lowest BCUT2D eigenvalue weighted by molar-refractivity contribution is -0.496. The van der Waals surface area contributed by atoms with Crippen molar-refractivity contribution in [3.63, 3.8) is 0 Å². The largest absolute Gasteiger partial charge is 0.352 e. The van der Waals surface area contributed by atoms with E-state index in [9.17, 15) is 4.79 Å². The Balaban J connectivity index is 2.06. The van der Waals surface area contributed by atoms with Gasteiger partial charge < -0.3 is 5.73 Å². The molecule has 2 fully saturated rings. The second-order valence-corrected chi connectivity index (χ2v) is 5.19. The van der Waals surface area contributed by atoms with E-state index in [0.29, 0.717) is 11.7 Å². The minimum Gasteiger partial charge on any atom is -0.352 e. The summed E-state index contributed by atoms with van der Waals surface area (Å²) in [5.41, 5.74) is 4.50. The number of rotatable bonds is 1. The molecule has 80 valence electrons. The van der Waals surface area contributed by atoms with Crippen molar-refractivity contribution in [1.82, 2.24) is 0 Å². The van der Waals surface area contributed by atoms with E-state index in [4.69, 9.17) is 0 Å². The zero-order chi connectivity index (χ0) is 10.0. The SMILES string of the molecule is [NH3+]C1(C2CCCCC2=O)CCCCC1.